The third kappa shape index (κ3) is 4.00. The summed E-state index contributed by atoms with van der Waals surface area (Å²) in [5.41, 5.74) is 4.45. The molecular weight excluding hydrogens is 293 g/mol. The van der Waals surface area contributed by atoms with Gasteiger partial charge in [-0.05, 0) is 18.6 Å². The molecule has 0 aliphatic rings. The molecule has 1 nitrogen and oxygen atoms in total. The van der Waals surface area contributed by atoms with E-state index < -0.39 is 28.6 Å². The summed E-state index contributed by atoms with van der Waals surface area (Å²) in [6.45, 7) is 1.81. The van der Waals surface area contributed by atoms with Gasteiger partial charge in [0.1, 0.15) is 5.82 Å². The molecule has 104 valence electrons. The SMILES string of the molecule is CCC[C@H](N)c1cc(C(F)(F)F)cc(Cl)c1F.Cl. The Kier molecular flexibility index (Phi) is 6.40. The van der Waals surface area contributed by atoms with Crippen molar-refractivity contribution in [2.75, 3.05) is 0 Å². The molecule has 1 aromatic carbocycles. The molecule has 0 radical (unpaired) electrons. The third-order valence-electron chi connectivity index (χ3n) is 2.38. The molecule has 0 amide bonds. The number of alkyl halides is 3. The van der Waals surface area contributed by atoms with E-state index in [9.17, 15) is 17.6 Å². The third-order valence-corrected chi connectivity index (χ3v) is 2.66. The van der Waals surface area contributed by atoms with E-state index in [2.05, 4.69) is 0 Å². The van der Waals surface area contributed by atoms with Crippen LogP contribution in [0, 0.1) is 5.82 Å². The zero-order chi connectivity index (χ0) is 13.2. The van der Waals surface area contributed by atoms with E-state index in [1.165, 1.54) is 0 Å². The molecule has 0 unspecified atom stereocenters. The largest absolute Gasteiger partial charge is 0.416 e. The molecule has 1 aromatic rings. The summed E-state index contributed by atoms with van der Waals surface area (Å²) in [5.74, 6) is -0.874. The second-order valence-corrected chi connectivity index (χ2v) is 4.16. The molecule has 0 aliphatic heterocycles. The van der Waals surface area contributed by atoms with Gasteiger partial charge in [-0.2, -0.15) is 13.2 Å². The smallest absolute Gasteiger partial charge is 0.324 e. The average Bonchev–Trinajstić information content (AvgIpc) is 2.20. The minimum atomic E-state index is -4.56. The van der Waals surface area contributed by atoms with Crippen molar-refractivity contribution in [1.29, 1.82) is 0 Å². The first-order chi connectivity index (χ1) is 7.77. The summed E-state index contributed by atoms with van der Waals surface area (Å²) in [6, 6.07) is 0.514. The van der Waals surface area contributed by atoms with Crippen molar-refractivity contribution in [3.63, 3.8) is 0 Å². The van der Waals surface area contributed by atoms with Crippen LogP contribution in [-0.4, -0.2) is 0 Å². The highest BCUT2D eigenvalue weighted by Crippen LogP contribution is 2.35. The van der Waals surface area contributed by atoms with Crippen LogP contribution in [0.5, 0.6) is 0 Å². The van der Waals surface area contributed by atoms with Gasteiger partial charge >= 0.3 is 6.18 Å². The monoisotopic (exact) mass is 305 g/mol. The van der Waals surface area contributed by atoms with Crippen LogP contribution in [0.15, 0.2) is 12.1 Å². The Morgan fingerprint density at radius 2 is 1.89 bits per heavy atom. The molecule has 0 saturated heterocycles. The van der Waals surface area contributed by atoms with E-state index in [4.69, 9.17) is 17.3 Å². The molecule has 1 atom stereocenters. The Hall–Kier alpha value is -0.520. The second kappa shape index (κ2) is 6.59. The molecule has 2 N–H and O–H groups in total. The second-order valence-electron chi connectivity index (χ2n) is 3.75. The number of hydrogen-bond acceptors (Lipinski definition) is 1. The Morgan fingerprint density at radius 1 is 1.33 bits per heavy atom. The van der Waals surface area contributed by atoms with E-state index in [0.717, 1.165) is 6.07 Å². The molecule has 0 aromatic heterocycles. The van der Waals surface area contributed by atoms with Crippen LogP contribution in [0.4, 0.5) is 17.6 Å². The molecule has 0 heterocycles. The predicted octanol–water partition coefficient (Wildman–Crippen LogP) is 4.72. The Morgan fingerprint density at radius 3 is 2.33 bits per heavy atom. The van der Waals surface area contributed by atoms with Crippen LogP contribution >= 0.6 is 24.0 Å². The van der Waals surface area contributed by atoms with Gasteiger partial charge in [-0.25, -0.2) is 4.39 Å². The molecular formula is C11H13Cl2F4N. The van der Waals surface area contributed by atoms with Gasteiger partial charge < -0.3 is 5.73 Å². The van der Waals surface area contributed by atoms with Gasteiger partial charge in [-0.15, -0.1) is 12.4 Å². The van der Waals surface area contributed by atoms with E-state index in [1.54, 1.807) is 0 Å². The lowest BCUT2D eigenvalue weighted by molar-refractivity contribution is -0.137. The normalized spacial score (nSPS) is 13.1. The standard InChI is InChI=1S/C11H12ClF4N.ClH/c1-2-3-9(17)7-4-6(11(14,15)16)5-8(12)10(7)13;/h4-5,9H,2-3,17H2,1H3;1H/t9-;/m0./s1. The zero-order valence-electron chi connectivity index (χ0n) is 9.52. The van der Waals surface area contributed by atoms with Gasteiger partial charge in [-0.1, -0.05) is 24.9 Å². The van der Waals surface area contributed by atoms with Crippen LogP contribution in [0.2, 0.25) is 5.02 Å². The minimum Gasteiger partial charge on any atom is -0.324 e. The summed E-state index contributed by atoms with van der Waals surface area (Å²) in [5, 5.41) is -0.554. The lowest BCUT2D eigenvalue weighted by Crippen LogP contribution is -2.14. The first kappa shape index (κ1) is 17.5. The number of benzene rings is 1. The summed E-state index contributed by atoms with van der Waals surface area (Å²) in [7, 11) is 0. The first-order valence-corrected chi connectivity index (χ1v) is 5.46. The Balaban J connectivity index is 0.00000289. The van der Waals surface area contributed by atoms with Gasteiger partial charge in [-0.3, -0.25) is 0 Å². The van der Waals surface area contributed by atoms with Crippen LogP contribution in [0.3, 0.4) is 0 Å². The summed E-state index contributed by atoms with van der Waals surface area (Å²) < 4.78 is 51.1. The quantitative estimate of drug-likeness (QED) is 0.803. The molecule has 0 spiro atoms. The summed E-state index contributed by atoms with van der Waals surface area (Å²) in [4.78, 5) is 0. The first-order valence-electron chi connectivity index (χ1n) is 5.09. The summed E-state index contributed by atoms with van der Waals surface area (Å²) >= 11 is 5.44. The highest BCUT2D eigenvalue weighted by molar-refractivity contribution is 6.30. The minimum absolute atomic E-state index is 0. The zero-order valence-corrected chi connectivity index (χ0v) is 11.1. The highest BCUT2D eigenvalue weighted by Gasteiger charge is 2.32. The molecule has 18 heavy (non-hydrogen) atoms. The van der Waals surface area contributed by atoms with Crippen LogP contribution < -0.4 is 5.73 Å². The van der Waals surface area contributed by atoms with Gasteiger partial charge in [0.2, 0.25) is 0 Å². The Labute approximate surface area is 114 Å². The molecule has 0 bridgehead atoms. The van der Waals surface area contributed by atoms with Crippen molar-refractivity contribution in [2.24, 2.45) is 5.73 Å². The van der Waals surface area contributed by atoms with E-state index in [0.29, 0.717) is 18.9 Å². The maximum atomic E-state index is 13.6. The maximum Gasteiger partial charge on any atom is 0.416 e. The molecule has 0 fully saturated rings. The molecule has 7 heteroatoms. The Bertz CT molecular complexity index is 407. The summed E-state index contributed by atoms with van der Waals surface area (Å²) in [6.07, 6.45) is -3.51. The molecule has 1 rings (SSSR count). The lowest BCUT2D eigenvalue weighted by Gasteiger charge is -2.16. The van der Waals surface area contributed by atoms with Gasteiger partial charge in [0.15, 0.2) is 0 Å². The van der Waals surface area contributed by atoms with Crippen molar-refractivity contribution in [1.82, 2.24) is 0 Å². The van der Waals surface area contributed by atoms with E-state index >= 15 is 0 Å². The average molecular weight is 306 g/mol. The van der Waals surface area contributed by atoms with Gasteiger partial charge in [0.25, 0.3) is 0 Å². The maximum absolute atomic E-state index is 13.6. The molecule has 0 aliphatic carbocycles. The fourth-order valence-corrected chi connectivity index (χ4v) is 1.74. The fraction of sp³-hybridized carbons (Fsp3) is 0.455. The van der Waals surface area contributed by atoms with Crippen molar-refractivity contribution in [2.45, 2.75) is 32.0 Å². The number of hydrogen-bond donors (Lipinski definition) is 1. The van der Waals surface area contributed by atoms with Crippen molar-refractivity contribution in [3.05, 3.63) is 34.1 Å². The van der Waals surface area contributed by atoms with Gasteiger partial charge in [0, 0.05) is 11.6 Å². The van der Waals surface area contributed by atoms with Crippen molar-refractivity contribution < 1.29 is 17.6 Å². The van der Waals surface area contributed by atoms with Crippen molar-refractivity contribution >= 4 is 24.0 Å². The van der Waals surface area contributed by atoms with E-state index in [1.807, 2.05) is 6.92 Å². The van der Waals surface area contributed by atoms with Gasteiger partial charge in [0.05, 0.1) is 10.6 Å². The highest BCUT2D eigenvalue weighted by atomic mass is 35.5. The van der Waals surface area contributed by atoms with Crippen LogP contribution in [0.25, 0.3) is 0 Å². The number of rotatable bonds is 3. The lowest BCUT2D eigenvalue weighted by atomic mass is 10.00. The van der Waals surface area contributed by atoms with Crippen molar-refractivity contribution in [3.8, 4) is 0 Å². The number of nitrogens with two attached hydrogens (primary N) is 1. The predicted molar refractivity (Wildman–Crippen MR) is 65.5 cm³/mol. The number of halogens is 6. The fourth-order valence-electron chi connectivity index (χ4n) is 1.51. The molecule has 0 saturated carbocycles. The van der Waals surface area contributed by atoms with E-state index in [-0.39, 0.29) is 18.0 Å². The van der Waals surface area contributed by atoms with Crippen LogP contribution in [-0.2, 0) is 6.18 Å². The topological polar surface area (TPSA) is 26.0 Å². The van der Waals surface area contributed by atoms with Crippen LogP contribution in [0.1, 0.15) is 36.9 Å².